The Kier molecular flexibility index (Phi) is 5.70. The molecule has 0 bridgehead atoms. The number of nitrogens with zero attached hydrogens (tertiary/aromatic N) is 3. The molecule has 0 saturated heterocycles. The standard InChI is InChI=1S/C15H22N4O/c1-3-6-17-10-14-9-15(20-18-14)12-19(2)11-13-4-7-16-8-5-13/h4-5,7-9,17H,3,6,10-12H2,1-2H3. The lowest BCUT2D eigenvalue weighted by Crippen LogP contribution is -2.17. The second-order valence-electron chi connectivity index (χ2n) is 4.99. The minimum absolute atomic E-state index is 0.753. The Bertz CT molecular complexity index is 498. The molecule has 2 aromatic rings. The van der Waals surface area contributed by atoms with Crippen LogP contribution < -0.4 is 5.32 Å². The van der Waals surface area contributed by atoms with Crippen molar-refractivity contribution in [1.29, 1.82) is 0 Å². The van der Waals surface area contributed by atoms with Gasteiger partial charge in [-0.05, 0) is 37.7 Å². The van der Waals surface area contributed by atoms with Crippen LogP contribution in [0.15, 0.2) is 35.1 Å². The molecular weight excluding hydrogens is 252 g/mol. The van der Waals surface area contributed by atoms with Gasteiger partial charge in [-0.3, -0.25) is 9.88 Å². The van der Waals surface area contributed by atoms with Crippen molar-refractivity contribution in [2.75, 3.05) is 13.6 Å². The number of nitrogens with one attached hydrogen (secondary N) is 1. The van der Waals surface area contributed by atoms with E-state index in [1.807, 2.05) is 30.6 Å². The van der Waals surface area contributed by atoms with Crippen LogP contribution in [-0.4, -0.2) is 28.6 Å². The summed E-state index contributed by atoms with van der Waals surface area (Å²) in [6, 6.07) is 6.07. The highest BCUT2D eigenvalue weighted by Crippen LogP contribution is 2.09. The first kappa shape index (κ1) is 14.7. The van der Waals surface area contributed by atoms with E-state index in [1.165, 1.54) is 5.56 Å². The molecule has 0 fully saturated rings. The van der Waals surface area contributed by atoms with Crippen molar-refractivity contribution in [3.05, 3.63) is 47.6 Å². The molecule has 0 aliphatic heterocycles. The predicted octanol–water partition coefficient (Wildman–Crippen LogP) is 2.20. The van der Waals surface area contributed by atoms with E-state index >= 15 is 0 Å². The van der Waals surface area contributed by atoms with E-state index in [4.69, 9.17) is 4.52 Å². The summed E-state index contributed by atoms with van der Waals surface area (Å²) >= 11 is 0. The smallest absolute Gasteiger partial charge is 0.151 e. The van der Waals surface area contributed by atoms with Gasteiger partial charge < -0.3 is 9.84 Å². The molecule has 20 heavy (non-hydrogen) atoms. The summed E-state index contributed by atoms with van der Waals surface area (Å²) in [6.07, 6.45) is 4.75. The summed E-state index contributed by atoms with van der Waals surface area (Å²) in [5.41, 5.74) is 2.21. The Balaban J connectivity index is 1.80. The molecule has 5 heteroatoms. The predicted molar refractivity (Wildman–Crippen MR) is 77.9 cm³/mol. The highest BCUT2D eigenvalue weighted by molar-refractivity contribution is 5.10. The zero-order valence-corrected chi connectivity index (χ0v) is 12.2. The van der Waals surface area contributed by atoms with Gasteiger partial charge in [0.05, 0.1) is 12.2 Å². The van der Waals surface area contributed by atoms with Crippen LogP contribution in [0.4, 0.5) is 0 Å². The molecule has 0 aliphatic carbocycles. The average Bonchev–Trinajstić information content (AvgIpc) is 2.87. The highest BCUT2D eigenvalue weighted by Gasteiger charge is 2.07. The van der Waals surface area contributed by atoms with Gasteiger partial charge in [0.25, 0.3) is 0 Å². The van der Waals surface area contributed by atoms with Crippen LogP contribution in [0.25, 0.3) is 0 Å². The van der Waals surface area contributed by atoms with Crippen molar-refractivity contribution in [3.63, 3.8) is 0 Å². The lowest BCUT2D eigenvalue weighted by atomic mass is 10.2. The van der Waals surface area contributed by atoms with Crippen LogP contribution in [-0.2, 0) is 19.6 Å². The summed E-state index contributed by atoms with van der Waals surface area (Å²) in [7, 11) is 2.07. The van der Waals surface area contributed by atoms with Gasteiger partial charge >= 0.3 is 0 Å². The van der Waals surface area contributed by atoms with Crippen molar-refractivity contribution in [1.82, 2.24) is 20.4 Å². The fourth-order valence-corrected chi connectivity index (χ4v) is 2.03. The van der Waals surface area contributed by atoms with Gasteiger partial charge in [-0.2, -0.15) is 0 Å². The Hall–Kier alpha value is -1.72. The first-order valence-corrected chi connectivity index (χ1v) is 7.00. The number of pyridine rings is 1. The Morgan fingerprint density at radius 1 is 1.25 bits per heavy atom. The molecule has 0 unspecified atom stereocenters. The molecule has 0 aromatic carbocycles. The molecular formula is C15H22N4O. The third-order valence-electron chi connectivity index (χ3n) is 2.97. The van der Waals surface area contributed by atoms with Gasteiger partial charge in [0.2, 0.25) is 0 Å². The van der Waals surface area contributed by atoms with Gasteiger partial charge in [0.1, 0.15) is 0 Å². The molecule has 0 radical (unpaired) electrons. The molecule has 0 saturated carbocycles. The third kappa shape index (κ3) is 4.75. The molecule has 2 heterocycles. The topological polar surface area (TPSA) is 54.2 Å². The van der Waals surface area contributed by atoms with E-state index in [9.17, 15) is 0 Å². The number of hydrogen-bond acceptors (Lipinski definition) is 5. The van der Waals surface area contributed by atoms with E-state index in [2.05, 4.69) is 34.3 Å². The Morgan fingerprint density at radius 2 is 2.05 bits per heavy atom. The monoisotopic (exact) mass is 274 g/mol. The average molecular weight is 274 g/mol. The summed E-state index contributed by atoms with van der Waals surface area (Å²) in [4.78, 5) is 6.22. The number of hydrogen-bond donors (Lipinski definition) is 1. The molecule has 1 N–H and O–H groups in total. The minimum Gasteiger partial charge on any atom is -0.360 e. The zero-order chi connectivity index (χ0) is 14.2. The van der Waals surface area contributed by atoms with Crippen molar-refractivity contribution >= 4 is 0 Å². The fraction of sp³-hybridized carbons (Fsp3) is 0.467. The molecule has 0 amide bonds. The first-order valence-electron chi connectivity index (χ1n) is 7.00. The molecule has 5 nitrogen and oxygen atoms in total. The summed E-state index contributed by atoms with van der Waals surface area (Å²) in [5, 5.41) is 7.39. The summed E-state index contributed by atoms with van der Waals surface area (Å²) < 4.78 is 5.36. The lowest BCUT2D eigenvalue weighted by Gasteiger charge is -2.14. The van der Waals surface area contributed by atoms with E-state index in [1.54, 1.807) is 0 Å². The fourth-order valence-electron chi connectivity index (χ4n) is 2.03. The molecule has 0 spiro atoms. The highest BCUT2D eigenvalue weighted by atomic mass is 16.5. The SMILES string of the molecule is CCCNCc1cc(CN(C)Cc2ccncc2)on1. The van der Waals surface area contributed by atoms with Crippen LogP contribution in [0.2, 0.25) is 0 Å². The maximum absolute atomic E-state index is 5.36. The number of rotatable bonds is 8. The second kappa shape index (κ2) is 7.77. The molecule has 0 aliphatic rings. The van der Waals surface area contributed by atoms with Crippen molar-refractivity contribution in [2.24, 2.45) is 0 Å². The molecule has 2 rings (SSSR count). The van der Waals surface area contributed by atoms with E-state index in [0.717, 1.165) is 44.1 Å². The van der Waals surface area contributed by atoms with Crippen molar-refractivity contribution in [2.45, 2.75) is 33.0 Å². The summed E-state index contributed by atoms with van der Waals surface area (Å²) in [6.45, 7) is 5.54. The lowest BCUT2D eigenvalue weighted by molar-refractivity contribution is 0.265. The van der Waals surface area contributed by atoms with E-state index < -0.39 is 0 Å². The molecule has 108 valence electrons. The van der Waals surface area contributed by atoms with Gasteiger partial charge in [0, 0.05) is 31.5 Å². The van der Waals surface area contributed by atoms with Crippen LogP contribution >= 0.6 is 0 Å². The Morgan fingerprint density at radius 3 is 2.80 bits per heavy atom. The van der Waals surface area contributed by atoms with Gasteiger partial charge in [-0.1, -0.05) is 12.1 Å². The Labute approximate surface area is 120 Å². The van der Waals surface area contributed by atoms with E-state index in [-0.39, 0.29) is 0 Å². The maximum Gasteiger partial charge on any atom is 0.151 e. The van der Waals surface area contributed by atoms with Crippen LogP contribution in [0, 0.1) is 0 Å². The quantitative estimate of drug-likeness (QED) is 0.748. The van der Waals surface area contributed by atoms with Gasteiger partial charge in [-0.25, -0.2) is 0 Å². The van der Waals surface area contributed by atoms with Crippen LogP contribution in [0.1, 0.15) is 30.4 Å². The largest absolute Gasteiger partial charge is 0.360 e. The first-order chi connectivity index (χ1) is 9.78. The van der Waals surface area contributed by atoms with Crippen LogP contribution in [0.3, 0.4) is 0 Å². The maximum atomic E-state index is 5.36. The zero-order valence-electron chi connectivity index (χ0n) is 12.2. The minimum atomic E-state index is 0.753. The van der Waals surface area contributed by atoms with Gasteiger partial charge in [0.15, 0.2) is 5.76 Å². The molecule has 2 aromatic heterocycles. The van der Waals surface area contributed by atoms with Gasteiger partial charge in [-0.15, -0.1) is 0 Å². The van der Waals surface area contributed by atoms with Crippen LogP contribution in [0.5, 0.6) is 0 Å². The second-order valence-corrected chi connectivity index (χ2v) is 4.99. The third-order valence-corrected chi connectivity index (χ3v) is 2.97. The van der Waals surface area contributed by atoms with E-state index in [0.29, 0.717) is 0 Å². The number of aromatic nitrogens is 2. The summed E-state index contributed by atoms with van der Waals surface area (Å²) in [5.74, 6) is 0.898. The van der Waals surface area contributed by atoms with Crippen molar-refractivity contribution < 1.29 is 4.52 Å². The van der Waals surface area contributed by atoms with Crippen molar-refractivity contribution in [3.8, 4) is 0 Å². The normalized spacial score (nSPS) is 11.2. The molecule has 0 atom stereocenters.